The van der Waals surface area contributed by atoms with Gasteiger partial charge in [-0.15, -0.1) is 0 Å². The SMILES string of the molecule is CN(C)CC(C)(O)CNC(=O)c1ccc2c(c1)OCCO2. The number of hydrogen-bond donors (Lipinski definition) is 2. The highest BCUT2D eigenvalue weighted by Crippen LogP contribution is 2.30. The first-order valence-corrected chi connectivity index (χ1v) is 6.92. The van der Waals surface area contributed by atoms with Crippen LogP contribution in [0.4, 0.5) is 0 Å². The van der Waals surface area contributed by atoms with Crippen LogP contribution in [-0.2, 0) is 0 Å². The number of likely N-dealkylation sites (N-methyl/N-ethyl adjacent to an activating group) is 1. The largest absolute Gasteiger partial charge is 0.486 e. The lowest BCUT2D eigenvalue weighted by Gasteiger charge is -2.27. The van der Waals surface area contributed by atoms with Crippen molar-refractivity contribution in [2.75, 3.05) is 40.4 Å². The second-order valence-corrected chi connectivity index (χ2v) is 5.78. The maximum absolute atomic E-state index is 12.1. The Balaban J connectivity index is 1.97. The minimum absolute atomic E-state index is 0.179. The third kappa shape index (κ3) is 4.34. The fourth-order valence-electron chi connectivity index (χ4n) is 2.29. The third-order valence-corrected chi connectivity index (χ3v) is 3.09. The second-order valence-electron chi connectivity index (χ2n) is 5.78. The molecule has 0 radical (unpaired) electrons. The minimum Gasteiger partial charge on any atom is -0.486 e. The Morgan fingerprint density at radius 1 is 1.33 bits per heavy atom. The topological polar surface area (TPSA) is 71.0 Å². The number of carbonyl (C=O) groups is 1. The summed E-state index contributed by atoms with van der Waals surface area (Å²) in [5, 5.41) is 12.9. The number of fused-ring (bicyclic) bond motifs is 1. The summed E-state index contributed by atoms with van der Waals surface area (Å²) in [5.41, 5.74) is -0.493. The van der Waals surface area contributed by atoms with E-state index in [0.717, 1.165) is 0 Å². The summed E-state index contributed by atoms with van der Waals surface area (Å²) in [4.78, 5) is 14.0. The molecule has 0 fully saturated rings. The van der Waals surface area contributed by atoms with Gasteiger partial charge < -0.3 is 24.8 Å². The van der Waals surface area contributed by atoms with E-state index in [0.29, 0.717) is 36.8 Å². The summed E-state index contributed by atoms with van der Waals surface area (Å²) in [6.45, 7) is 3.34. The molecular weight excluding hydrogens is 272 g/mol. The van der Waals surface area contributed by atoms with E-state index in [9.17, 15) is 9.90 Å². The number of amides is 1. The van der Waals surface area contributed by atoms with Crippen LogP contribution in [0, 0.1) is 0 Å². The van der Waals surface area contributed by atoms with E-state index in [1.807, 2.05) is 19.0 Å². The van der Waals surface area contributed by atoms with Crippen molar-refractivity contribution >= 4 is 5.91 Å². The molecule has 2 rings (SSSR count). The Morgan fingerprint density at radius 3 is 2.67 bits per heavy atom. The molecule has 1 aromatic rings. The number of benzene rings is 1. The van der Waals surface area contributed by atoms with E-state index in [-0.39, 0.29) is 12.5 Å². The smallest absolute Gasteiger partial charge is 0.251 e. The quantitative estimate of drug-likeness (QED) is 0.827. The van der Waals surface area contributed by atoms with Crippen molar-refractivity contribution in [1.29, 1.82) is 0 Å². The summed E-state index contributed by atoms with van der Waals surface area (Å²) in [5.74, 6) is 0.984. The molecule has 116 valence electrons. The first-order valence-electron chi connectivity index (χ1n) is 6.92. The standard InChI is InChI=1S/C15H22N2O4/c1-15(19,10-17(2)3)9-16-14(18)11-4-5-12-13(8-11)21-7-6-20-12/h4-5,8,19H,6-7,9-10H2,1-3H3,(H,16,18). The molecule has 1 amide bonds. The van der Waals surface area contributed by atoms with Gasteiger partial charge in [0.2, 0.25) is 0 Å². The van der Waals surface area contributed by atoms with Crippen LogP contribution < -0.4 is 14.8 Å². The van der Waals surface area contributed by atoms with E-state index >= 15 is 0 Å². The van der Waals surface area contributed by atoms with E-state index in [1.54, 1.807) is 25.1 Å². The molecule has 0 aromatic heterocycles. The van der Waals surface area contributed by atoms with Crippen molar-refractivity contribution in [3.05, 3.63) is 23.8 Å². The Labute approximate surface area is 124 Å². The average molecular weight is 294 g/mol. The summed E-state index contributed by atoms with van der Waals surface area (Å²) in [7, 11) is 3.74. The van der Waals surface area contributed by atoms with Crippen LogP contribution in [0.1, 0.15) is 17.3 Å². The van der Waals surface area contributed by atoms with Crippen LogP contribution in [0.2, 0.25) is 0 Å². The van der Waals surface area contributed by atoms with Crippen LogP contribution in [0.3, 0.4) is 0 Å². The van der Waals surface area contributed by atoms with E-state index < -0.39 is 5.60 Å². The average Bonchev–Trinajstić information content (AvgIpc) is 2.43. The summed E-state index contributed by atoms with van der Waals surface area (Å²) in [6.07, 6.45) is 0. The Bertz CT molecular complexity index is 514. The highest BCUT2D eigenvalue weighted by Gasteiger charge is 2.23. The molecule has 0 bridgehead atoms. The molecule has 1 unspecified atom stereocenters. The lowest BCUT2D eigenvalue weighted by Crippen LogP contribution is -2.47. The van der Waals surface area contributed by atoms with Gasteiger partial charge in [-0.05, 0) is 39.2 Å². The van der Waals surface area contributed by atoms with Gasteiger partial charge in [-0.1, -0.05) is 0 Å². The number of aliphatic hydroxyl groups is 1. The highest BCUT2D eigenvalue weighted by molar-refractivity contribution is 5.94. The number of nitrogens with zero attached hydrogens (tertiary/aromatic N) is 1. The van der Waals surface area contributed by atoms with E-state index in [1.165, 1.54) is 0 Å². The predicted octanol–water partition coefficient (Wildman–Crippen LogP) is 0.500. The second kappa shape index (κ2) is 6.32. The van der Waals surface area contributed by atoms with Gasteiger partial charge in [-0.3, -0.25) is 4.79 Å². The lowest BCUT2D eigenvalue weighted by molar-refractivity contribution is 0.0326. The van der Waals surface area contributed by atoms with Crippen molar-refractivity contribution in [2.24, 2.45) is 0 Å². The molecule has 0 saturated carbocycles. The van der Waals surface area contributed by atoms with Crippen LogP contribution >= 0.6 is 0 Å². The van der Waals surface area contributed by atoms with E-state index in [2.05, 4.69) is 5.32 Å². The first kappa shape index (κ1) is 15.6. The zero-order chi connectivity index (χ0) is 15.5. The van der Waals surface area contributed by atoms with Gasteiger partial charge in [0.1, 0.15) is 13.2 Å². The third-order valence-electron chi connectivity index (χ3n) is 3.09. The number of carbonyl (C=O) groups excluding carboxylic acids is 1. The molecule has 2 N–H and O–H groups in total. The number of nitrogens with one attached hydrogen (secondary N) is 1. The van der Waals surface area contributed by atoms with Gasteiger partial charge in [0.05, 0.1) is 5.60 Å². The molecule has 0 aliphatic carbocycles. The summed E-state index contributed by atoms with van der Waals surface area (Å²) >= 11 is 0. The molecule has 1 heterocycles. The van der Waals surface area contributed by atoms with Crippen molar-refractivity contribution in [1.82, 2.24) is 10.2 Å². The Hall–Kier alpha value is -1.79. The van der Waals surface area contributed by atoms with Gasteiger partial charge in [-0.25, -0.2) is 0 Å². The molecule has 21 heavy (non-hydrogen) atoms. The first-order chi connectivity index (χ1) is 9.87. The maximum Gasteiger partial charge on any atom is 0.251 e. The zero-order valence-corrected chi connectivity index (χ0v) is 12.7. The van der Waals surface area contributed by atoms with Gasteiger partial charge in [0, 0.05) is 18.7 Å². The van der Waals surface area contributed by atoms with Gasteiger partial charge in [0.25, 0.3) is 5.91 Å². The lowest BCUT2D eigenvalue weighted by atomic mass is 10.1. The van der Waals surface area contributed by atoms with Crippen LogP contribution in [0.25, 0.3) is 0 Å². The fraction of sp³-hybridized carbons (Fsp3) is 0.533. The molecular formula is C15H22N2O4. The van der Waals surface area contributed by atoms with Crippen molar-refractivity contribution in [2.45, 2.75) is 12.5 Å². The number of ether oxygens (including phenoxy) is 2. The fourth-order valence-corrected chi connectivity index (χ4v) is 2.29. The molecule has 1 aliphatic heterocycles. The number of hydrogen-bond acceptors (Lipinski definition) is 5. The highest BCUT2D eigenvalue weighted by atomic mass is 16.6. The van der Waals surface area contributed by atoms with Gasteiger partial charge >= 0.3 is 0 Å². The summed E-state index contributed by atoms with van der Waals surface area (Å²) < 4.78 is 10.9. The monoisotopic (exact) mass is 294 g/mol. The minimum atomic E-state index is -0.979. The number of rotatable bonds is 5. The maximum atomic E-state index is 12.1. The molecule has 6 heteroatoms. The Morgan fingerprint density at radius 2 is 2.00 bits per heavy atom. The molecule has 1 atom stereocenters. The van der Waals surface area contributed by atoms with Crippen molar-refractivity contribution < 1.29 is 19.4 Å². The van der Waals surface area contributed by atoms with Gasteiger partial charge in [0.15, 0.2) is 11.5 Å². The van der Waals surface area contributed by atoms with Crippen LogP contribution in [0.15, 0.2) is 18.2 Å². The normalized spacial score (nSPS) is 16.4. The van der Waals surface area contributed by atoms with E-state index in [4.69, 9.17) is 9.47 Å². The molecule has 1 aromatic carbocycles. The van der Waals surface area contributed by atoms with Crippen molar-refractivity contribution in [3.63, 3.8) is 0 Å². The van der Waals surface area contributed by atoms with Crippen molar-refractivity contribution in [3.8, 4) is 11.5 Å². The molecule has 0 saturated heterocycles. The van der Waals surface area contributed by atoms with Gasteiger partial charge in [-0.2, -0.15) is 0 Å². The Kier molecular flexibility index (Phi) is 4.69. The summed E-state index contributed by atoms with van der Waals surface area (Å²) in [6, 6.07) is 5.06. The molecule has 0 spiro atoms. The molecule has 6 nitrogen and oxygen atoms in total. The molecule has 1 aliphatic rings. The zero-order valence-electron chi connectivity index (χ0n) is 12.7. The van der Waals surface area contributed by atoms with Crippen LogP contribution in [0.5, 0.6) is 11.5 Å². The van der Waals surface area contributed by atoms with Crippen LogP contribution in [-0.4, -0.2) is 61.9 Å². The predicted molar refractivity (Wildman–Crippen MR) is 78.9 cm³/mol.